The Bertz CT molecular complexity index is 899. The Morgan fingerprint density at radius 3 is 2.96 bits per heavy atom. The molecule has 1 saturated heterocycles. The van der Waals surface area contributed by atoms with Crippen LogP contribution in [0.25, 0.3) is 10.2 Å². The summed E-state index contributed by atoms with van der Waals surface area (Å²) >= 11 is 2.89. The summed E-state index contributed by atoms with van der Waals surface area (Å²) in [5, 5.41) is 0.909. The number of ether oxygens (including phenoxy) is 1. The van der Waals surface area contributed by atoms with E-state index in [1.165, 1.54) is 28.6 Å². The van der Waals surface area contributed by atoms with Crippen LogP contribution >= 0.6 is 23.1 Å². The van der Waals surface area contributed by atoms with Crippen LogP contribution in [0, 0.1) is 0 Å². The molecule has 2 N–H and O–H groups in total. The minimum absolute atomic E-state index is 0.00377. The number of aromatic nitrogens is 2. The van der Waals surface area contributed by atoms with Gasteiger partial charge in [0.2, 0.25) is 5.91 Å². The van der Waals surface area contributed by atoms with Crippen molar-refractivity contribution in [3.05, 3.63) is 20.8 Å². The third kappa shape index (κ3) is 3.30. The van der Waals surface area contributed by atoms with Crippen LogP contribution in [0.1, 0.15) is 43.0 Å². The van der Waals surface area contributed by atoms with Gasteiger partial charge in [-0.3, -0.25) is 14.2 Å². The lowest BCUT2D eigenvalue weighted by molar-refractivity contribution is -0.117. The van der Waals surface area contributed by atoms with Crippen molar-refractivity contribution in [2.24, 2.45) is 5.73 Å². The number of hydrogen-bond acceptors (Lipinski definition) is 6. The predicted molar refractivity (Wildman–Crippen MR) is 104 cm³/mol. The summed E-state index contributed by atoms with van der Waals surface area (Å²) in [6.07, 6.45) is 6.27. The molecule has 1 amide bonds. The largest absolute Gasteiger partial charge is 0.376 e. The molecule has 0 unspecified atom stereocenters. The van der Waals surface area contributed by atoms with Gasteiger partial charge in [-0.2, -0.15) is 0 Å². The highest BCUT2D eigenvalue weighted by Crippen LogP contribution is 2.35. The zero-order chi connectivity index (χ0) is 18.3. The molecule has 8 heteroatoms. The molecule has 1 aliphatic carbocycles. The van der Waals surface area contributed by atoms with E-state index in [-0.39, 0.29) is 11.7 Å². The second kappa shape index (κ2) is 7.32. The molecule has 6 nitrogen and oxygen atoms in total. The second-order valence-electron chi connectivity index (χ2n) is 7.00. The molecule has 140 valence electrons. The Balaban J connectivity index is 1.83. The molecule has 4 rings (SSSR count). The van der Waals surface area contributed by atoms with E-state index in [0.29, 0.717) is 11.7 Å². The van der Waals surface area contributed by atoms with Gasteiger partial charge in [-0.05, 0) is 51.0 Å². The minimum atomic E-state index is -0.440. The predicted octanol–water partition coefficient (Wildman–Crippen LogP) is 2.48. The lowest BCUT2D eigenvalue weighted by Crippen LogP contribution is -2.30. The van der Waals surface area contributed by atoms with Gasteiger partial charge in [-0.15, -0.1) is 11.3 Å². The molecule has 26 heavy (non-hydrogen) atoms. The van der Waals surface area contributed by atoms with Crippen LogP contribution in [0.15, 0.2) is 9.95 Å². The number of thioether (sulfide) groups is 1. The first-order chi connectivity index (χ1) is 12.5. The number of amides is 1. The van der Waals surface area contributed by atoms with Crippen LogP contribution in [-0.4, -0.2) is 33.4 Å². The monoisotopic (exact) mass is 393 g/mol. The number of hydrogen-bond donors (Lipinski definition) is 1. The summed E-state index contributed by atoms with van der Waals surface area (Å²) in [7, 11) is 0. The molecule has 0 aromatic carbocycles. The average Bonchev–Trinajstić information content (AvgIpc) is 3.25. The SMILES string of the molecule is C[C@@H](Sc1nc2sc3c(c2c(=O)n1C[C@H]1CCCO1)CCCC3)C(N)=O. The molecule has 3 heterocycles. The molecule has 0 spiro atoms. The van der Waals surface area contributed by atoms with Crippen molar-refractivity contribution < 1.29 is 9.53 Å². The number of primary amides is 1. The van der Waals surface area contributed by atoms with Crippen molar-refractivity contribution in [1.29, 1.82) is 0 Å². The maximum atomic E-state index is 13.4. The zero-order valence-corrected chi connectivity index (χ0v) is 16.5. The van der Waals surface area contributed by atoms with Crippen LogP contribution in [0.4, 0.5) is 0 Å². The first-order valence-corrected chi connectivity index (χ1v) is 10.9. The molecule has 0 bridgehead atoms. The Kier molecular flexibility index (Phi) is 5.07. The Morgan fingerprint density at radius 2 is 2.23 bits per heavy atom. The van der Waals surface area contributed by atoms with Crippen LogP contribution < -0.4 is 11.3 Å². The van der Waals surface area contributed by atoms with Crippen LogP contribution in [0.2, 0.25) is 0 Å². The number of rotatable bonds is 5. The van der Waals surface area contributed by atoms with Gasteiger partial charge in [0.15, 0.2) is 5.16 Å². The number of carbonyl (C=O) groups excluding carboxylic acids is 1. The molecule has 2 aliphatic rings. The van der Waals surface area contributed by atoms with Crippen molar-refractivity contribution in [3.8, 4) is 0 Å². The third-order valence-electron chi connectivity index (χ3n) is 5.13. The number of fused-ring (bicyclic) bond motifs is 3. The van der Waals surface area contributed by atoms with Crippen molar-refractivity contribution >= 4 is 39.2 Å². The van der Waals surface area contributed by atoms with Gasteiger partial charge >= 0.3 is 0 Å². The number of carbonyl (C=O) groups is 1. The molecule has 1 fully saturated rings. The van der Waals surface area contributed by atoms with Gasteiger partial charge in [-0.1, -0.05) is 11.8 Å². The molecular formula is C18H23N3O3S2. The van der Waals surface area contributed by atoms with Gasteiger partial charge in [0.25, 0.3) is 5.56 Å². The highest BCUT2D eigenvalue weighted by atomic mass is 32.2. The summed E-state index contributed by atoms with van der Waals surface area (Å²) in [6, 6.07) is 0. The molecule has 2 aromatic rings. The minimum Gasteiger partial charge on any atom is -0.376 e. The highest BCUT2D eigenvalue weighted by molar-refractivity contribution is 8.00. The normalized spacial score (nSPS) is 21.0. The Hall–Kier alpha value is -1.38. The third-order valence-corrected chi connectivity index (χ3v) is 7.43. The number of aryl methyl sites for hydroxylation is 2. The quantitative estimate of drug-likeness (QED) is 0.623. The molecule has 1 aliphatic heterocycles. The van der Waals surface area contributed by atoms with Gasteiger partial charge < -0.3 is 10.5 Å². The number of nitrogens with two attached hydrogens (primary N) is 1. The lowest BCUT2D eigenvalue weighted by atomic mass is 9.97. The van der Waals surface area contributed by atoms with Crippen molar-refractivity contribution in [2.45, 2.75) is 68.5 Å². The van der Waals surface area contributed by atoms with E-state index < -0.39 is 11.2 Å². The average molecular weight is 394 g/mol. The maximum Gasteiger partial charge on any atom is 0.263 e. The molecule has 0 radical (unpaired) electrons. The molecule has 0 saturated carbocycles. The molecule has 2 aromatic heterocycles. The van der Waals surface area contributed by atoms with E-state index in [4.69, 9.17) is 15.5 Å². The van der Waals surface area contributed by atoms with Crippen molar-refractivity contribution in [2.75, 3.05) is 6.61 Å². The van der Waals surface area contributed by atoms with Crippen LogP contribution in [-0.2, 0) is 28.9 Å². The summed E-state index contributed by atoms with van der Waals surface area (Å²) in [4.78, 5) is 31.8. The number of nitrogens with zero attached hydrogens (tertiary/aromatic N) is 2. The molecule has 2 atom stereocenters. The Morgan fingerprint density at radius 1 is 1.42 bits per heavy atom. The van der Waals surface area contributed by atoms with Gasteiger partial charge in [0.1, 0.15) is 4.83 Å². The summed E-state index contributed by atoms with van der Waals surface area (Å²) < 4.78 is 7.45. The smallest absolute Gasteiger partial charge is 0.263 e. The van der Waals surface area contributed by atoms with E-state index in [1.807, 2.05) is 0 Å². The van der Waals surface area contributed by atoms with E-state index in [9.17, 15) is 9.59 Å². The van der Waals surface area contributed by atoms with Gasteiger partial charge in [0.05, 0.1) is 23.3 Å². The first-order valence-electron chi connectivity index (χ1n) is 9.17. The van der Waals surface area contributed by atoms with E-state index in [2.05, 4.69) is 0 Å². The number of thiophene rings is 1. The zero-order valence-electron chi connectivity index (χ0n) is 14.8. The van der Waals surface area contributed by atoms with E-state index in [1.54, 1.807) is 22.8 Å². The van der Waals surface area contributed by atoms with Crippen LogP contribution in [0.3, 0.4) is 0 Å². The first kappa shape index (κ1) is 18.0. The molecular weight excluding hydrogens is 370 g/mol. The Labute approximate surface area is 160 Å². The van der Waals surface area contributed by atoms with E-state index >= 15 is 0 Å². The fraction of sp³-hybridized carbons (Fsp3) is 0.611. The lowest BCUT2D eigenvalue weighted by Gasteiger charge is -2.17. The van der Waals surface area contributed by atoms with Crippen molar-refractivity contribution in [3.63, 3.8) is 0 Å². The van der Waals surface area contributed by atoms with Gasteiger partial charge in [0, 0.05) is 11.5 Å². The maximum absolute atomic E-state index is 13.4. The summed E-state index contributed by atoms with van der Waals surface area (Å²) in [6.45, 7) is 2.97. The second-order valence-corrected chi connectivity index (χ2v) is 9.39. The van der Waals surface area contributed by atoms with Gasteiger partial charge in [-0.25, -0.2) is 4.98 Å². The summed E-state index contributed by atoms with van der Waals surface area (Å²) in [5.41, 5.74) is 6.62. The fourth-order valence-electron chi connectivity index (χ4n) is 3.68. The standard InChI is InChI=1S/C18H23N3O3S2/c1-10(15(19)22)25-18-20-16-14(12-6-2-3-7-13(12)26-16)17(23)21(18)9-11-5-4-8-24-11/h10-11H,2-9H2,1H3,(H2,19,22)/t10-,11-/m1/s1. The fourth-order valence-corrected chi connectivity index (χ4v) is 5.85. The summed E-state index contributed by atoms with van der Waals surface area (Å²) in [5.74, 6) is -0.404. The van der Waals surface area contributed by atoms with E-state index in [0.717, 1.165) is 48.9 Å². The van der Waals surface area contributed by atoms with Crippen LogP contribution in [0.5, 0.6) is 0 Å². The van der Waals surface area contributed by atoms with Crippen molar-refractivity contribution in [1.82, 2.24) is 9.55 Å². The topological polar surface area (TPSA) is 87.2 Å². The highest BCUT2D eigenvalue weighted by Gasteiger charge is 2.26.